The van der Waals surface area contributed by atoms with Gasteiger partial charge in [0.25, 0.3) is 11.5 Å². The highest BCUT2D eigenvalue weighted by Crippen LogP contribution is 2.22. The third kappa shape index (κ3) is 4.00. The summed E-state index contributed by atoms with van der Waals surface area (Å²) >= 11 is 0. The maximum absolute atomic E-state index is 13.1. The standard InChI is InChI=1S/C23H19FN4O4/c1-13(2)28-23(31)17-6-4-3-5-16(17)20(27-28)22(30)26-25-21(29)19-12-11-18(32-19)14-7-9-15(24)10-8-14/h3-13H,1-2H3,(H,25,29)(H,26,30). The zero-order valence-corrected chi connectivity index (χ0v) is 17.3. The second-order valence-electron chi connectivity index (χ2n) is 7.32. The van der Waals surface area contributed by atoms with Crippen molar-refractivity contribution in [3.8, 4) is 11.3 Å². The van der Waals surface area contributed by atoms with E-state index in [9.17, 15) is 18.8 Å². The van der Waals surface area contributed by atoms with Crippen LogP contribution in [0.15, 0.2) is 69.9 Å². The quantitative estimate of drug-likeness (QED) is 0.479. The molecule has 9 heteroatoms. The van der Waals surface area contributed by atoms with E-state index in [2.05, 4.69) is 16.0 Å². The number of aromatic nitrogens is 2. The van der Waals surface area contributed by atoms with Crippen molar-refractivity contribution in [2.45, 2.75) is 19.9 Å². The minimum atomic E-state index is -0.687. The number of nitrogens with one attached hydrogen (secondary N) is 2. The van der Waals surface area contributed by atoms with Crippen LogP contribution in [0.1, 0.15) is 40.9 Å². The highest BCUT2D eigenvalue weighted by Gasteiger charge is 2.19. The Hall–Kier alpha value is -4.27. The molecule has 2 aromatic carbocycles. The lowest BCUT2D eigenvalue weighted by atomic mass is 10.1. The number of fused-ring (bicyclic) bond motifs is 1. The third-order valence-electron chi connectivity index (χ3n) is 4.78. The number of hydrogen-bond acceptors (Lipinski definition) is 5. The normalized spacial score (nSPS) is 11.0. The monoisotopic (exact) mass is 434 g/mol. The van der Waals surface area contributed by atoms with Crippen LogP contribution in [-0.4, -0.2) is 21.6 Å². The van der Waals surface area contributed by atoms with Crippen LogP contribution >= 0.6 is 0 Å². The number of furan rings is 1. The maximum atomic E-state index is 13.1. The van der Waals surface area contributed by atoms with Crippen molar-refractivity contribution in [3.63, 3.8) is 0 Å². The number of amides is 2. The molecule has 2 N–H and O–H groups in total. The van der Waals surface area contributed by atoms with Crippen molar-refractivity contribution in [1.29, 1.82) is 0 Å². The molecular formula is C23H19FN4O4. The van der Waals surface area contributed by atoms with E-state index in [1.54, 1.807) is 44.2 Å². The number of nitrogens with zero attached hydrogens (tertiary/aromatic N) is 2. The second-order valence-corrected chi connectivity index (χ2v) is 7.32. The Bertz CT molecular complexity index is 1370. The first-order chi connectivity index (χ1) is 15.3. The molecule has 0 radical (unpaired) electrons. The van der Waals surface area contributed by atoms with Crippen molar-refractivity contribution < 1.29 is 18.4 Å². The van der Waals surface area contributed by atoms with E-state index in [1.165, 1.54) is 35.0 Å². The first-order valence-corrected chi connectivity index (χ1v) is 9.83. The number of hydrogen-bond donors (Lipinski definition) is 2. The minimum Gasteiger partial charge on any atom is -0.451 e. The van der Waals surface area contributed by atoms with E-state index in [1.807, 2.05) is 0 Å². The lowest BCUT2D eigenvalue weighted by Gasteiger charge is -2.13. The van der Waals surface area contributed by atoms with Crippen LogP contribution in [0.2, 0.25) is 0 Å². The summed E-state index contributed by atoms with van der Waals surface area (Å²) < 4.78 is 19.8. The Labute approximate surface area is 181 Å². The number of halogens is 1. The van der Waals surface area contributed by atoms with Crippen LogP contribution in [0.3, 0.4) is 0 Å². The van der Waals surface area contributed by atoms with Gasteiger partial charge in [0, 0.05) is 10.9 Å². The van der Waals surface area contributed by atoms with Gasteiger partial charge in [-0.3, -0.25) is 25.2 Å². The zero-order valence-electron chi connectivity index (χ0n) is 17.3. The molecule has 2 aromatic heterocycles. The fraction of sp³-hybridized carbons (Fsp3) is 0.130. The van der Waals surface area contributed by atoms with Gasteiger partial charge in [-0.1, -0.05) is 18.2 Å². The summed E-state index contributed by atoms with van der Waals surface area (Å²) in [6.07, 6.45) is 0. The van der Waals surface area contributed by atoms with Crippen molar-refractivity contribution >= 4 is 22.6 Å². The molecule has 0 saturated carbocycles. The molecule has 2 amide bonds. The Morgan fingerprint density at radius 3 is 2.28 bits per heavy atom. The highest BCUT2D eigenvalue weighted by atomic mass is 19.1. The third-order valence-corrected chi connectivity index (χ3v) is 4.78. The summed E-state index contributed by atoms with van der Waals surface area (Å²) in [6.45, 7) is 3.56. The predicted octanol–water partition coefficient (Wildman–Crippen LogP) is 3.45. The topological polar surface area (TPSA) is 106 Å². The molecule has 4 rings (SSSR count). The van der Waals surface area contributed by atoms with Crippen molar-refractivity contribution in [2.75, 3.05) is 0 Å². The van der Waals surface area contributed by atoms with E-state index in [0.717, 1.165) is 0 Å². The van der Waals surface area contributed by atoms with Gasteiger partial charge in [0.1, 0.15) is 11.6 Å². The molecule has 162 valence electrons. The summed E-state index contributed by atoms with van der Waals surface area (Å²) in [5.74, 6) is -1.43. The Kier molecular flexibility index (Phi) is 5.55. The fourth-order valence-corrected chi connectivity index (χ4v) is 3.19. The van der Waals surface area contributed by atoms with Gasteiger partial charge in [-0.2, -0.15) is 5.10 Å². The molecule has 0 aliphatic rings. The van der Waals surface area contributed by atoms with Crippen molar-refractivity contribution in [3.05, 3.63) is 88.3 Å². The fourth-order valence-electron chi connectivity index (χ4n) is 3.19. The minimum absolute atomic E-state index is 0.000598. The van der Waals surface area contributed by atoms with E-state index < -0.39 is 11.8 Å². The molecule has 0 atom stereocenters. The molecule has 0 aliphatic carbocycles. The number of hydrazine groups is 1. The SMILES string of the molecule is CC(C)n1nc(C(=O)NNC(=O)c2ccc(-c3ccc(F)cc3)o2)c2ccccc2c1=O. The van der Waals surface area contributed by atoms with Gasteiger partial charge in [-0.05, 0) is 56.3 Å². The number of carbonyl (C=O) groups excluding carboxylic acids is 2. The summed E-state index contributed by atoms with van der Waals surface area (Å²) in [4.78, 5) is 37.8. The van der Waals surface area contributed by atoms with E-state index >= 15 is 0 Å². The lowest BCUT2D eigenvalue weighted by Crippen LogP contribution is -2.42. The van der Waals surface area contributed by atoms with Crippen LogP contribution in [0.4, 0.5) is 4.39 Å². The van der Waals surface area contributed by atoms with Gasteiger partial charge < -0.3 is 4.42 Å². The smallest absolute Gasteiger partial charge is 0.305 e. The lowest BCUT2D eigenvalue weighted by molar-refractivity contribution is 0.0828. The summed E-state index contributed by atoms with van der Waals surface area (Å²) in [6, 6.07) is 15.0. The molecule has 4 aromatic rings. The molecule has 0 spiro atoms. The number of carbonyl (C=O) groups is 2. The zero-order chi connectivity index (χ0) is 22.8. The van der Waals surface area contributed by atoms with Crippen molar-refractivity contribution in [2.24, 2.45) is 0 Å². The van der Waals surface area contributed by atoms with Gasteiger partial charge in [0.15, 0.2) is 11.5 Å². The van der Waals surface area contributed by atoms with Gasteiger partial charge in [-0.25, -0.2) is 9.07 Å². The Morgan fingerprint density at radius 2 is 1.59 bits per heavy atom. The van der Waals surface area contributed by atoms with Crippen LogP contribution < -0.4 is 16.4 Å². The van der Waals surface area contributed by atoms with Gasteiger partial charge in [0.2, 0.25) is 0 Å². The average molecular weight is 434 g/mol. The predicted molar refractivity (Wildman–Crippen MR) is 115 cm³/mol. The van der Waals surface area contributed by atoms with Gasteiger partial charge in [0.05, 0.1) is 11.4 Å². The molecule has 0 aliphatic heterocycles. The molecule has 0 saturated heterocycles. The Balaban J connectivity index is 1.54. The van der Waals surface area contributed by atoms with E-state index in [4.69, 9.17) is 4.42 Å². The van der Waals surface area contributed by atoms with Crippen molar-refractivity contribution in [1.82, 2.24) is 20.6 Å². The molecule has 0 fully saturated rings. The second kappa shape index (κ2) is 8.46. The van der Waals surface area contributed by atoms with E-state index in [-0.39, 0.29) is 28.9 Å². The summed E-state index contributed by atoms with van der Waals surface area (Å²) in [7, 11) is 0. The van der Waals surface area contributed by atoms with Crippen LogP contribution in [-0.2, 0) is 0 Å². The summed E-state index contributed by atoms with van der Waals surface area (Å²) in [5.41, 5.74) is 4.88. The summed E-state index contributed by atoms with van der Waals surface area (Å²) in [5, 5.41) is 4.91. The molecule has 0 bridgehead atoms. The molecule has 2 heterocycles. The van der Waals surface area contributed by atoms with Crippen LogP contribution in [0.5, 0.6) is 0 Å². The highest BCUT2D eigenvalue weighted by molar-refractivity contribution is 6.05. The number of rotatable bonds is 4. The number of benzene rings is 2. The first-order valence-electron chi connectivity index (χ1n) is 9.83. The van der Waals surface area contributed by atoms with E-state index in [0.29, 0.717) is 22.1 Å². The molecule has 8 nitrogen and oxygen atoms in total. The van der Waals surface area contributed by atoms with Gasteiger partial charge >= 0.3 is 5.91 Å². The molecule has 32 heavy (non-hydrogen) atoms. The van der Waals surface area contributed by atoms with Crippen LogP contribution in [0.25, 0.3) is 22.1 Å². The largest absolute Gasteiger partial charge is 0.451 e. The first kappa shape index (κ1) is 21.0. The average Bonchev–Trinajstić information content (AvgIpc) is 3.28. The van der Waals surface area contributed by atoms with Gasteiger partial charge in [-0.15, -0.1) is 0 Å². The Morgan fingerprint density at radius 1 is 0.938 bits per heavy atom. The van der Waals surface area contributed by atoms with Crippen LogP contribution in [0, 0.1) is 5.82 Å². The molecular weight excluding hydrogens is 415 g/mol. The molecule has 0 unspecified atom stereocenters. The maximum Gasteiger partial charge on any atom is 0.305 e.